The molecule has 3 N–H and O–H groups in total. The highest BCUT2D eigenvalue weighted by Crippen LogP contribution is 2.70. The highest BCUT2D eigenvalue weighted by Gasteiger charge is 2.72. The zero-order chi connectivity index (χ0) is 25.1. The molecule has 0 amide bonds. The Bertz CT molecular complexity index is 732. The Morgan fingerprint density at radius 2 is 1.57 bits per heavy atom. The van der Waals surface area contributed by atoms with Crippen molar-refractivity contribution in [1.29, 1.82) is 0 Å². The summed E-state index contributed by atoms with van der Waals surface area (Å²) in [7, 11) is 4.00. The summed E-state index contributed by atoms with van der Waals surface area (Å²) in [6, 6.07) is 0. The Morgan fingerprint density at radius 1 is 0.886 bits per heavy atom. The SMILES string of the molecule is CC(C)CCC[C@@H](C)[C@H]1CC[C@H]2[C@@H]3C[C@@](O)(CN(C)C)[C@@]4(O)C[C@@H](O)CC[C@]4(C)[C@H]3CC[C@]12C.Cl. The first-order chi connectivity index (χ1) is 15.8. The van der Waals surface area contributed by atoms with Gasteiger partial charge in [0.2, 0.25) is 0 Å². The first-order valence-corrected chi connectivity index (χ1v) is 14.5. The van der Waals surface area contributed by atoms with Crippen molar-refractivity contribution in [1.82, 2.24) is 4.90 Å². The van der Waals surface area contributed by atoms with Gasteiger partial charge in [-0.2, -0.15) is 0 Å². The van der Waals surface area contributed by atoms with Gasteiger partial charge in [-0.05, 0) is 100.0 Å². The van der Waals surface area contributed by atoms with Crippen molar-refractivity contribution in [3.63, 3.8) is 0 Å². The van der Waals surface area contributed by atoms with Crippen molar-refractivity contribution in [2.24, 2.45) is 46.3 Å². The first kappa shape index (κ1) is 29.7. The maximum Gasteiger partial charge on any atom is 0.107 e. The van der Waals surface area contributed by atoms with Crippen molar-refractivity contribution < 1.29 is 15.3 Å². The number of hydrogen-bond acceptors (Lipinski definition) is 4. The molecule has 0 heterocycles. The molecule has 0 unspecified atom stereocenters. The molecule has 4 nitrogen and oxygen atoms in total. The van der Waals surface area contributed by atoms with E-state index in [1.165, 1.54) is 44.9 Å². The fourth-order valence-corrected chi connectivity index (χ4v) is 10.2. The van der Waals surface area contributed by atoms with E-state index in [1.54, 1.807) is 0 Å². The van der Waals surface area contributed by atoms with Gasteiger partial charge in [0.15, 0.2) is 0 Å². The summed E-state index contributed by atoms with van der Waals surface area (Å²) in [5.41, 5.74) is -2.37. The molecule has 4 aliphatic rings. The Morgan fingerprint density at radius 3 is 2.20 bits per heavy atom. The first-order valence-electron chi connectivity index (χ1n) is 14.5. The van der Waals surface area contributed by atoms with Crippen LogP contribution >= 0.6 is 12.4 Å². The second-order valence-corrected chi connectivity index (χ2v) is 14.6. The molecule has 0 aliphatic heterocycles. The number of fused-ring (bicyclic) bond motifs is 5. The van der Waals surface area contributed by atoms with Crippen molar-refractivity contribution in [3.05, 3.63) is 0 Å². The molecular formula is C30H56ClNO3. The summed E-state index contributed by atoms with van der Waals surface area (Å²) < 4.78 is 0. The standard InChI is InChI=1S/C30H55NO3.ClH/c1-20(2)9-8-10-21(3)24-11-12-25-23-18-29(33,19-31(6)7)30(34)17-22(32)13-16-28(30,5)26(23)14-15-27(24,25)4;/h20-26,32-34H,8-19H2,1-7H3;1H/t21-,22+,23+,24-,25+,26+,27-,28-,29-,30-;/m1./s1. The minimum absolute atomic E-state index is 0. The molecule has 4 aliphatic carbocycles. The molecule has 5 heteroatoms. The second kappa shape index (κ2) is 10.4. The highest BCUT2D eigenvalue weighted by atomic mass is 35.5. The number of rotatable bonds is 7. The molecule has 206 valence electrons. The van der Waals surface area contributed by atoms with Crippen LogP contribution in [0.2, 0.25) is 0 Å². The van der Waals surface area contributed by atoms with Gasteiger partial charge >= 0.3 is 0 Å². The van der Waals surface area contributed by atoms with Crippen molar-refractivity contribution in [2.45, 2.75) is 123 Å². The van der Waals surface area contributed by atoms with E-state index in [9.17, 15) is 15.3 Å². The largest absolute Gasteiger partial charge is 0.393 e. The van der Waals surface area contributed by atoms with Gasteiger partial charge in [-0.15, -0.1) is 12.4 Å². The molecule has 0 spiro atoms. The Hall–Kier alpha value is 0.130. The quantitative estimate of drug-likeness (QED) is 0.396. The van der Waals surface area contributed by atoms with Crippen LogP contribution < -0.4 is 0 Å². The third-order valence-corrected chi connectivity index (χ3v) is 11.9. The zero-order valence-corrected chi connectivity index (χ0v) is 24.5. The van der Waals surface area contributed by atoms with Gasteiger partial charge in [0.25, 0.3) is 0 Å². The topological polar surface area (TPSA) is 63.9 Å². The van der Waals surface area contributed by atoms with E-state index in [-0.39, 0.29) is 17.8 Å². The Labute approximate surface area is 222 Å². The zero-order valence-electron chi connectivity index (χ0n) is 23.7. The predicted octanol–water partition coefficient (Wildman–Crippen LogP) is 5.91. The fourth-order valence-electron chi connectivity index (χ4n) is 10.2. The van der Waals surface area contributed by atoms with Gasteiger partial charge in [0, 0.05) is 18.4 Å². The predicted molar refractivity (Wildman–Crippen MR) is 147 cm³/mol. The van der Waals surface area contributed by atoms with E-state index in [2.05, 4.69) is 34.6 Å². The lowest BCUT2D eigenvalue weighted by atomic mass is 9.39. The van der Waals surface area contributed by atoms with Crippen LogP contribution in [-0.4, -0.2) is 58.2 Å². The summed E-state index contributed by atoms with van der Waals surface area (Å²) in [5.74, 6) is 3.91. The van der Waals surface area contributed by atoms with Crippen molar-refractivity contribution in [2.75, 3.05) is 20.6 Å². The summed E-state index contributed by atoms with van der Waals surface area (Å²) in [6.07, 6.45) is 11.1. The van der Waals surface area contributed by atoms with Gasteiger partial charge in [-0.3, -0.25) is 0 Å². The van der Waals surface area contributed by atoms with Crippen LogP contribution in [0.25, 0.3) is 0 Å². The Kier molecular flexibility index (Phi) is 8.79. The molecular weight excluding hydrogens is 458 g/mol. The summed E-state index contributed by atoms with van der Waals surface area (Å²) >= 11 is 0. The van der Waals surface area contributed by atoms with E-state index in [0.29, 0.717) is 42.6 Å². The number of halogens is 1. The fraction of sp³-hybridized carbons (Fsp3) is 1.00. The number of aliphatic hydroxyl groups excluding tert-OH is 1. The van der Waals surface area contributed by atoms with E-state index < -0.39 is 17.3 Å². The van der Waals surface area contributed by atoms with Gasteiger partial charge < -0.3 is 20.2 Å². The highest BCUT2D eigenvalue weighted by molar-refractivity contribution is 5.85. The maximum absolute atomic E-state index is 12.3. The van der Waals surface area contributed by atoms with Crippen LogP contribution in [0.3, 0.4) is 0 Å². The van der Waals surface area contributed by atoms with Gasteiger partial charge in [0.05, 0.1) is 6.10 Å². The van der Waals surface area contributed by atoms with E-state index in [0.717, 1.165) is 30.6 Å². The molecule has 0 aromatic carbocycles. The van der Waals surface area contributed by atoms with Crippen LogP contribution in [0.1, 0.15) is 105 Å². The number of likely N-dealkylation sites (N-methyl/N-ethyl adjacent to an activating group) is 1. The molecule has 0 aromatic heterocycles. The molecule has 4 fully saturated rings. The number of aliphatic hydroxyl groups is 3. The van der Waals surface area contributed by atoms with Gasteiger partial charge in [-0.1, -0.05) is 53.9 Å². The minimum Gasteiger partial charge on any atom is -0.393 e. The lowest BCUT2D eigenvalue weighted by Gasteiger charge is -2.69. The molecule has 0 aromatic rings. The summed E-state index contributed by atoms with van der Waals surface area (Å²) in [4.78, 5) is 2.04. The monoisotopic (exact) mass is 513 g/mol. The normalized spacial score (nSPS) is 48.2. The van der Waals surface area contributed by atoms with E-state index in [1.807, 2.05) is 19.0 Å². The third-order valence-electron chi connectivity index (χ3n) is 11.9. The smallest absolute Gasteiger partial charge is 0.107 e. The Balaban J connectivity index is 0.00000342. The van der Waals surface area contributed by atoms with E-state index in [4.69, 9.17) is 0 Å². The number of nitrogens with zero attached hydrogens (tertiary/aromatic N) is 1. The molecule has 0 saturated heterocycles. The third kappa shape index (κ3) is 4.75. The van der Waals surface area contributed by atoms with E-state index >= 15 is 0 Å². The van der Waals surface area contributed by atoms with Crippen LogP contribution in [0.5, 0.6) is 0 Å². The summed E-state index contributed by atoms with van der Waals surface area (Å²) in [6.45, 7) is 12.5. The molecule has 4 rings (SSSR count). The number of hydrogen-bond donors (Lipinski definition) is 3. The van der Waals surface area contributed by atoms with Crippen molar-refractivity contribution >= 4 is 12.4 Å². The van der Waals surface area contributed by atoms with Crippen LogP contribution in [0, 0.1) is 46.3 Å². The average Bonchev–Trinajstić information content (AvgIpc) is 3.07. The maximum atomic E-state index is 12.3. The molecule has 4 saturated carbocycles. The molecule has 0 radical (unpaired) electrons. The second-order valence-electron chi connectivity index (χ2n) is 14.6. The van der Waals surface area contributed by atoms with Gasteiger partial charge in [0.1, 0.15) is 11.2 Å². The van der Waals surface area contributed by atoms with Crippen LogP contribution in [-0.2, 0) is 0 Å². The summed E-state index contributed by atoms with van der Waals surface area (Å²) in [5, 5.41) is 35.1. The van der Waals surface area contributed by atoms with Crippen molar-refractivity contribution in [3.8, 4) is 0 Å². The molecule has 0 bridgehead atoms. The average molecular weight is 514 g/mol. The lowest BCUT2D eigenvalue weighted by molar-refractivity contribution is -0.308. The molecule has 10 atom stereocenters. The minimum atomic E-state index is -1.22. The van der Waals surface area contributed by atoms with Gasteiger partial charge in [-0.25, -0.2) is 0 Å². The molecule has 35 heavy (non-hydrogen) atoms. The van der Waals surface area contributed by atoms with Crippen LogP contribution in [0.4, 0.5) is 0 Å². The lowest BCUT2D eigenvalue weighted by Crippen LogP contribution is -2.76. The van der Waals surface area contributed by atoms with Crippen LogP contribution in [0.15, 0.2) is 0 Å².